The van der Waals surface area contributed by atoms with E-state index in [-0.39, 0.29) is 17.4 Å². The van der Waals surface area contributed by atoms with Gasteiger partial charge in [-0.1, -0.05) is 17.3 Å². The SMILES string of the molecule is Cc1cc(C)n(CC2CC(c3ccccc3OC(F)(F)F)=NO2)n1. The minimum atomic E-state index is -4.75. The molecule has 0 spiro atoms. The Morgan fingerprint density at radius 1 is 1.29 bits per heavy atom. The topological polar surface area (TPSA) is 48.6 Å². The molecule has 0 fully saturated rings. The summed E-state index contributed by atoms with van der Waals surface area (Å²) in [6, 6.07) is 7.86. The van der Waals surface area contributed by atoms with Crippen LogP contribution in [0.25, 0.3) is 0 Å². The number of hydrogen-bond donors (Lipinski definition) is 0. The molecule has 1 aliphatic heterocycles. The van der Waals surface area contributed by atoms with Gasteiger partial charge in [0.1, 0.15) is 5.75 Å². The van der Waals surface area contributed by atoms with Crippen molar-refractivity contribution in [2.24, 2.45) is 5.16 Å². The predicted octanol–water partition coefficient (Wildman–Crippen LogP) is 3.59. The zero-order valence-corrected chi connectivity index (χ0v) is 13.2. The highest BCUT2D eigenvalue weighted by atomic mass is 19.4. The lowest BCUT2D eigenvalue weighted by Gasteiger charge is -2.13. The van der Waals surface area contributed by atoms with E-state index in [1.54, 1.807) is 10.7 Å². The molecule has 0 amide bonds. The van der Waals surface area contributed by atoms with Crippen molar-refractivity contribution >= 4 is 5.71 Å². The maximum absolute atomic E-state index is 12.5. The molecule has 5 nitrogen and oxygen atoms in total. The summed E-state index contributed by atoms with van der Waals surface area (Å²) < 4.78 is 43.4. The molecular weight excluding hydrogens is 323 g/mol. The molecule has 3 rings (SSSR count). The average molecular weight is 339 g/mol. The predicted molar refractivity (Wildman–Crippen MR) is 80.9 cm³/mol. The fourth-order valence-electron chi connectivity index (χ4n) is 2.66. The first-order chi connectivity index (χ1) is 11.3. The van der Waals surface area contributed by atoms with Crippen molar-refractivity contribution in [2.45, 2.75) is 39.3 Å². The van der Waals surface area contributed by atoms with Crippen molar-refractivity contribution in [2.75, 3.05) is 0 Å². The van der Waals surface area contributed by atoms with Crippen LogP contribution in [0.5, 0.6) is 5.75 Å². The molecule has 0 saturated heterocycles. The van der Waals surface area contributed by atoms with Crippen LogP contribution in [0.15, 0.2) is 35.5 Å². The first kappa shape index (κ1) is 16.4. The van der Waals surface area contributed by atoms with E-state index in [9.17, 15) is 13.2 Å². The van der Waals surface area contributed by atoms with Gasteiger partial charge in [0.15, 0.2) is 6.10 Å². The lowest BCUT2D eigenvalue weighted by molar-refractivity contribution is -0.274. The van der Waals surface area contributed by atoms with Crippen LogP contribution in [0.4, 0.5) is 13.2 Å². The number of nitrogens with zero attached hydrogens (tertiary/aromatic N) is 3. The van der Waals surface area contributed by atoms with Crippen LogP contribution < -0.4 is 4.74 Å². The smallest absolute Gasteiger partial charge is 0.405 e. The summed E-state index contributed by atoms with van der Waals surface area (Å²) in [6.45, 7) is 4.31. The molecule has 128 valence electrons. The van der Waals surface area contributed by atoms with Crippen molar-refractivity contribution in [3.63, 3.8) is 0 Å². The van der Waals surface area contributed by atoms with E-state index in [0.29, 0.717) is 18.7 Å². The Balaban J connectivity index is 1.73. The quantitative estimate of drug-likeness (QED) is 0.855. The van der Waals surface area contributed by atoms with E-state index in [0.717, 1.165) is 11.4 Å². The summed E-state index contributed by atoms with van der Waals surface area (Å²) in [6.07, 6.45) is -4.65. The van der Waals surface area contributed by atoms with Gasteiger partial charge in [-0.25, -0.2) is 0 Å². The van der Waals surface area contributed by atoms with E-state index in [1.807, 2.05) is 19.9 Å². The van der Waals surface area contributed by atoms with Gasteiger partial charge < -0.3 is 9.57 Å². The molecule has 0 aliphatic carbocycles. The number of para-hydroxylation sites is 1. The van der Waals surface area contributed by atoms with E-state index >= 15 is 0 Å². The van der Waals surface area contributed by atoms with Crippen LogP contribution >= 0.6 is 0 Å². The minimum Gasteiger partial charge on any atom is -0.405 e. The van der Waals surface area contributed by atoms with Crippen LogP contribution in [0.2, 0.25) is 0 Å². The molecule has 0 saturated carbocycles. The van der Waals surface area contributed by atoms with Crippen molar-refractivity contribution in [3.05, 3.63) is 47.3 Å². The Morgan fingerprint density at radius 2 is 2.04 bits per heavy atom. The molecule has 2 heterocycles. The Bertz CT molecular complexity index is 768. The summed E-state index contributed by atoms with van der Waals surface area (Å²) in [4.78, 5) is 5.36. The van der Waals surface area contributed by atoms with E-state index in [2.05, 4.69) is 15.0 Å². The van der Waals surface area contributed by atoms with Crippen molar-refractivity contribution in [1.82, 2.24) is 9.78 Å². The number of hydrogen-bond acceptors (Lipinski definition) is 4. The van der Waals surface area contributed by atoms with Gasteiger partial charge >= 0.3 is 6.36 Å². The highest BCUT2D eigenvalue weighted by Gasteiger charge is 2.33. The molecule has 1 unspecified atom stereocenters. The zero-order chi connectivity index (χ0) is 17.3. The standard InChI is InChI=1S/C16H16F3N3O2/c1-10-7-11(2)22(20-10)9-12-8-14(21-24-12)13-5-3-4-6-15(13)23-16(17,18)19/h3-7,12H,8-9H2,1-2H3. The first-order valence-electron chi connectivity index (χ1n) is 7.41. The number of oxime groups is 1. The summed E-state index contributed by atoms with van der Waals surface area (Å²) in [5.41, 5.74) is 2.60. The largest absolute Gasteiger partial charge is 0.573 e. The fraction of sp³-hybridized carbons (Fsp3) is 0.375. The summed E-state index contributed by atoms with van der Waals surface area (Å²) >= 11 is 0. The summed E-state index contributed by atoms with van der Waals surface area (Å²) in [5.74, 6) is -0.279. The number of aromatic nitrogens is 2. The average Bonchev–Trinajstić information content (AvgIpc) is 3.05. The molecular formula is C16H16F3N3O2. The van der Waals surface area contributed by atoms with Crippen molar-refractivity contribution in [1.29, 1.82) is 0 Å². The second kappa shape index (κ2) is 6.18. The second-order valence-corrected chi connectivity index (χ2v) is 5.62. The van der Waals surface area contributed by atoms with Crippen LogP contribution in [0.1, 0.15) is 23.4 Å². The van der Waals surface area contributed by atoms with Gasteiger partial charge in [0.05, 0.1) is 18.0 Å². The van der Waals surface area contributed by atoms with Gasteiger partial charge in [0.2, 0.25) is 0 Å². The van der Waals surface area contributed by atoms with Crippen LogP contribution in [0, 0.1) is 13.8 Å². The normalized spacial score (nSPS) is 17.5. The molecule has 8 heteroatoms. The Hall–Kier alpha value is -2.51. The molecule has 0 N–H and O–H groups in total. The molecule has 1 aromatic carbocycles. The highest BCUT2D eigenvalue weighted by Crippen LogP contribution is 2.29. The highest BCUT2D eigenvalue weighted by molar-refractivity contribution is 6.03. The minimum absolute atomic E-state index is 0.279. The molecule has 0 bridgehead atoms. The van der Waals surface area contributed by atoms with Gasteiger partial charge in [-0.15, -0.1) is 13.2 Å². The van der Waals surface area contributed by atoms with Crippen molar-refractivity contribution in [3.8, 4) is 5.75 Å². The van der Waals surface area contributed by atoms with Gasteiger partial charge in [0.25, 0.3) is 0 Å². The Labute approximate surface area is 136 Å². The van der Waals surface area contributed by atoms with Gasteiger partial charge in [-0.3, -0.25) is 4.68 Å². The third-order valence-electron chi connectivity index (χ3n) is 3.64. The van der Waals surface area contributed by atoms with E-state index < -0.39 is 6.36 Å². The molecule has 0 radical (unpaired) electrons. The third-order valence-corrected chi connectivity index (χ3v) is 3.64. The number of benzene rings is 1. The number of aryl methyl sites for hydroxylation is 2. The molecule has 24 heavy (non-hydrogen) atoms. The van der Waals surface area contributed by atoms with Crippen LogP contribution in [0.3, 0.4) is 0 Å². The van der Waals surface area contributed by atoms with Crippen LogP contribution in [-0.4, -0.2) is 28.0 Å². The van der Waals surface area contributed by atoms with Gasteiger partial charge in [-0.2, -0.15) is 5.10 Å². The molecule has 1 atom stereocenters. The van der Waals surface area contributed by atoms with Gasteiger partial charge in [-0.05, 0) is 32.0 Å². The molecule has 2 aromatic rings. The number of halogens is 3. The number of rotatable bonds is 4. The Kier molecular flexibility index (Phi) is 4.21. The van der Waals surface area contributed by atoms with Crippen molar-refractivity contribution < 1.29 is 22.7 Å². The molecule has 1 aromatic heterocycles. The zero-order valence-electron chi connectivity index (χ0n) is 13.2. The molecule has 1 aliphatic rings. The van der Waals surface area contributed by atoms with Gasteiger partial charge in [0, 0.05) is 17.7 Å². The summed E-state index contributed by atoms with van der Waals surface area (Å²) in [5, 5.41) is 8.29. The van der Waals surface area contributed by atoms with Crippen LogP contribution in [-0.2, 0) is 11.4 Å². The first-order valence-corrected chi connectivity index (χ1v) is 7.41. The maximum Gasteiger partial charge on any atom is 0.573 e. The van der Waals surface area contributed by atoms with E-state index in [4.69, 9.17) is 4.84 Å². The maximum atomic E-state index is 12.5. The third kappa shape index (κ3) is 3.69. The van der Waals surface area contributed by atoms with E-state index in [1.165, 1.54) is 18.2 Å². The fourth-order valence-corrected chi connectivity index (χ4v) is 2.66. The monoisotopic (exact) mass is 339 g/mol. The number of ether oxygens (including phenoxy) is 1. The summed E-state index contributed by atoms with van der Waals surface area (Å²) in [7, 11) is 0. The Morgan fingerprint density at radius 3 is 2.71 bits per heavy atom. The lowest BCUT2D eigenvalue weighted by atomic mass is 10.0. The second-order valence-electron chi connectivity index (χ2n) is 5.62. The lowest BCUT2D eigenvalue weighted by Crippen LogP contribution is -2.20. The number of alkyl halides is 3.